The van der Waals surface area contributed by atoms with E-state index in [1.54, 1.807) is 0 Å². The number of amides is 1. The number of rotatable bonds is 6. The topological polar surface area (TPSA) is 69.0 Å². The second kappa shape index (κ2) is 8.93. The van der Waals surface area contributed by atoms with Crippen molar-refractivity contribution < 1.29 is 14.3 Å². The first-order valence-electron chi connectivity index (χ1n) is 9.93. The van der Waals surface area contributed by atoms with Crippen LogP contribution >= 0.6 is 15.9 Å². The molecule has 31 heavy (non-hydrogen) atoms. The SMILES string of the molecule is CC(=O)N1N=C(c2ccccc2OCc2ccc(Br)cc2)O[C@H]1Cn1nc(C)cc1C. The zero-order valence-electron chi connectivity index (χ0n) is 17.6. The first-order chi connectivity index (χ1) is 14.9. The van der Waals surface area contributed by atoms with Crippen LogP contribution in [0.5, 0.6) is 5.75 Å². The number of carbonyl (C=O) groups excluding carboxylic acids is 1. The smallest absolute Gasteiger partial charge is 0.244 e. The number of carbonyl (C=O) groups is 1. The van der Waals surface area contributed by atoms with E-state index in [-0.39, 0.29) is 5.91 Å². The lowest BCUT2D eigenvalue weighted by atomic mass is 10.2. The summed E-state index contributed by atoms with van der Waals surface area (Å²) in [5, 5.41) is 10.3. The van der Waals surface area contributed by atoms with Gasteiger partial charge in [-0.05, 0) is 49.7 Å². The lowest BCUT2D eigenvalue weighted by Crippen LogP contribution is -2.36. The number of hydrogen-bond donors (Lipinski definition) is 0. The Labute approximate surface area is 189 Å². The molecule has 0 fully saturated rings. The molecule has 0 radical (unpaired) electrons. The number of hydrogen-bond acceptors (Lipinski definition) is 5. The van der Waals surface area contributed by atoms with Gasteiger partial charge in [-0.25, -0.2) is 0 Å². The number of aryl methyl sites for hydroxylation is 2. The summed E-state index contributed by atoms with van der Waals surface area (Å²) in [4.78, 5) is 12.2. The molecule has 8 heteroatoms. The van der Waals surface area contributed by atoms with E-state index >= 15 is 0 Å². The molecule has 1 aliphatic rings. The number of halogens is 1. The van der Waals surface area contributed by atoms with Gasteiger partial charge in [0.25, 0.3) is 0 Å². The zero-order chi connectivity index (χ0) is 22.0. The number of aromatic nitrogens is 2. The molecule has 160 valence electrons. The Morgan fingerprint density at radius 3 is 2.58 bits per heavy atom. The minimum Gasteiger partial charge on any atom is -0.488 e. The van der Waals surface area contributed by atoms with Crippen LogP contribution in [0.25, 0.3) is 0 Å². The van der Waals surface area contributed by atoms with Gasteiger partial charge in [0.2, 0.25) is 18.0 Å². The first-order valence-corrected chi connectivity index (χ1v) is 10.7. The predicted molar refractivity (Wildman–Crippen MR) is 121 cm³/mol. The Hall–Kier alpha value is -3.13. The maximum Gasteiger partial charge on any atom is 0.244 e. The fourth-order valence-corrected chi connectivity index (χ4v) is 3.65. The van der Waals surface area contributed by atoms with E-state index in [1.807, 2.05) is 73.1 Å². The van der Waals surface area contributed by atoms with Gasteiger partial charge in [0.15, 0.2) is 0 Å². The molecule has 1 atom stereocenters. The fraction of sp³-hybridized carbons (Fsp3) is 0.261. The number of para-hydroxylation sites is 1. The van der Waals surface area contributed by atoms with Gasteiger partial charge in [-0.1, -0.05) is 40.2 Å². The number of benzene rings is 2. The minimum atomic E-state index is -0.579. The van der Waals surface area contributed by atoms with Crippen LogP contribution in [-0.2, 0) is 22.7 Å². The van der Waals surface area contributed by atoms with E-state index < -0.39 is 6.23 Å². The van der Waals surface area contributed by atoms with Crippen LogP contribution in [0.4, 0.5) is 0 Å². The first kappa shape index (κ1) is 21.1. The molecule has 4 rings (SSSR count). The van der Waals surface area contributed by atoms with Crippen molar-refractivity contribution >= 4 is 27.7 Å². The molecule has 2 aromatic carbocycles. The van der Waals surface area contributed by atoms with Gasteiger partial charge in [-0.3, -0.25) is 9.48 Å². The van der Waals surface area contributed by atoms with Crippen molar-refractivity contribution in [2.45, 2.75) is 40.2 Å². The van der Waals surface area contributed by atoms with Crippen molar-refractivity contribution in [3.05, 3.63) is 81.6 Å². The number of hydrazone groups is 1. The van der Waals surface area contributed by atoms with Crippen molar-refractivity contribution in [3.8, 4) is 5.75 Å². The van der Waals surface area contributed by atoms with Gasteiger partial charge < -0.3 is 9.47 Å². The van der Waals surface area contributed by atoms with Gasteiger partial charge in [0.05, 0.1) is 17.8 Å². The van der Waals surface area contributed by atoms with Crippen molar-refractivity contribution in [1.29, 1.82) is 0 Å². The van der Waals surface area contributed by atoms with Gasteiger partial charge >= 0.3 is 0 Å². The molecule has 1 aromatic heterocycles. The number of nitrogens with zero attached hydrogens (tertiary/aromatic N) is 4. The molecule has 7 nitrogen and oxygen atoms in total. The van der Waals surface area contributed by atoms with Gasteiger partial charge in [-0.2, -0.15) is 10.1 Å². The summed E-state index contributed by atoms with van der Waals surface area (Å²) in [5.74, 6) is 0.794. The summed E-state index contributed by atoms with van der Waals surface area (Å²) in [5.41, 5.74) is 3.65. The summed E-state index contributed by atoms with van der Waals surface area (Å²) in [7, 11) is 0. The fourth-order valence-electron chi connectivity index (χ4n) is 3.39. The van der Waals surface area contributed by atoms with Gasteiger partial charge in [-0.15, -0.1) is 5.10 Å². The molecule has 0 bridgehead atoms. The van der Waals surface area contributed by atoms with Crippen molar-refractivity contribution in [2.24, 2.45) is 5.10 Å². The van der Waals surface area contributed by atoms with Crippen molar-refractivity contribution in [1.82, 2.24) is 14.8 Å². The molecule has 0 saturated carbocycles. The van der Waals surface area contributed by atoms with E-state index in [0.29, 0.717) is 30.4 Å². The van der Waals surface area contributed by atoms with Crippen LogP contribution in [-0.4, -0.2) is 32.8 Å². The highest BCUT2D eigenvalue weighted by molar-refractivity contribution is 9.10. The molecular formula is C23H23BrN4O3. The Balaban J connectivity index is 1.54. The zero-order valence-corrected chi connectivity index (χ0v) is 19.2. The molecule has 1 amide bonds. The second-order valence-corrected chi connectivity index (χ2v) is 8.28. The van der Waals surface area contributed by atoms with E-state index in [2.05, 4.69) is 26.1 Å². The highest BCUT2D eigenvalue weighted by Gasteiger charge is 2.33. The molecular weight excluding hydrogens is 460 g/mol. The summed E-state index contributed by atoms with van der Waals surface area (Å²) in [6.07, 6.45) is -0.579. The lowest BCUT2D eigenvalue weighted by Gasteiger charge is -2.19. The van der Waals surface area contributed by atoms with Crippen LogP contribution in [0, 0.1) is 13.8 Å². The monoisotopic (exact) mass is 482 g/mol. The third kappa shape index (κ3) is 4.80. The van der Waals surface area contributed by atoms with E-state index in [4.69, 9.17) is 9.47 Å². The Morgan fingerprint density at radius 1 is 1.16 bits per heavy atom. The van der Waals surface area contributed by atoms with E-state index in [0.717, 1.165) is 21.4 Å². The molecule has 0 saturated heterocycles. The molecule has 0 N–H and O–H groups in total. The van der Waals surface area contributed by atoms with Crippen LogP contribution in [0.1, 0.15) is 29.4 Å². The van der Waals surface area contributed by atoms with Crippen molar-refractivity contribution in [2.75, 3.05) is 0 Å². The third-order valence-electron chi connectivity index (χ3n) is 4.90. The molecule has 2 heterocycles. The highest BCUT2D eigenvalue weighted by Crippen LogP contribution is 2.26. The average Bonchev–Trinajstić information content (AvgIpc) is 3.30. The Morgan fingerprint density at radius 2 is 1.90 bits per heavy atom. The standard InChI is InChI=1S/C23H23BrN4O3/c1-15-12-16(2)27(25-15)13-22-28(17(3)29)26-23(31-22)20-6-4-5-7-21(20)30-14-18-8-10-19(24)11-9-18/h4-12,22H,13-14H2,1-3H3/t22-/m0/s1. The quantitative estimate of drug-likeness (QED) is 0.521. The maximum atomic E-state index is 12.2. The molecule has 1 aliphatic heterocycles. The maximum absolute atomic E-state index is 12.2. The van der Waals surface area contributed by atoms with Crippen LogP contribution in [0.3, 0.4) is 0 Å². The highest BCUT2D eigenvalue weighted by atomic mass is 79.9. The largest absolute Gasteiger partial charge is 0.488 e. The van der Waals surface area contributed by atoms with Crippen molar-refractivity contribution in [3.63, 3.8) is 0 Å². The van der Waals surface area contributed by atoms with Crippen LogP contribution < -0.4 is 4.74 Å². The van der Waals surface area contributed by atoms with Gasteiger partial charge in [0.1, 0.15) is 12.4 Å². The summed E-state index contributed by atoms with van der Waals surface area (Å²) in [6.45, 7) is 6.17. The number of ether oxygens (including phenoxy) is 2. The summed E-state index contributed by atoms with van der Waals surface area (Å²) < 4.78 is 15.0. The summed E-state index contributed by atoms with van der Waals surface area (Å²) in [6, 6.07) is 17.5. The Bertz CT molecular complexity index is 1120. The van der Waals surface area contributed by atoms with Crippen LogP contribution in [0.15, 0.2) is 64.2 Å². The Kier molecular flexibility index (Phi) is 6.08. The molecule has 3 aromatic rings. The third-order valence-corrected chi connectivity index (χ3v) is 5.43. The average molecular weight is 483 g/mol. The van der Waals surface area contributed by atoms with Gasteiger partial charge in [0, 0.05) is 17.1 Å². The molecule has 0 unspecified atom stereocenters. The molecule has 0 aliphatic carbocycles. The predicted octanol–water partition coefficient (Wildman–Crippen LogP) is 4.41. The lowest BCUT2D eigenvalue weighted by molar-refractivity contribution is -0.135. The van der Waals surface area contributed by atoms with E-state index in [9.17, 15) is 4.79 Å². The van der Waals surface area contributed by atoms with Crippen LogP contribution in [0.2, 0.25) is 0 Å². The second-order valence-electron chi connectivity index (χ2n) is 7.36. The van der Waals surface area contributed by atoms with E-state index in [1.165, 1.54) is 11.9 Å². The normalized spacial score (nSPS) is 15.5. The minimum absolute atomic E-state index is 0.199. The molecule has 0 spiro atoms. The summed E-state index contributed by atoms with van der Waals surface area (Å²) >= 11 is 3.44.